The number of amides is 1. The van der Waals surface area contributed by atoms with E-state index in [0.29, 0.717) is 27.2 Å². The average molecular weight is 498 g/mol. The Kier molecular flexibility index (Phi) is 7.09. The van der Waals surface area contributed by atoms with E-state index in [1.54, 1.807) is 61.7 Å². The van der Waals surface area contributed by atoms with Crippen molar-refractivity contribution in [1.82, 2.24) is 9.55 Å². The Labute approximate surface area is 202 Å². The van der Waals surface area contributed by atoms with Crippen molar-refractivity contribution in [2.45, 2.75) is 19.0 Å². The quantitative estimate of drug-likeness (QED) is 0.224. The summed E-state index contributed by atoms with van der Waals surface area (Å²) in [6, 6.07) is 12.9. The van der Waals surface area contributed by atoms with Crippen LogP contribution in [0.5, 0.6) is 0 Å². The highest BCUT2D eigenvalue weighted by Crippen LogP contribution is 2.26. The highest BCUT2D eigenvalue weighted by atomic mass is 32.2. The molecule has 2 aromatic heterocycles. The van der Waals surface area contributed by atoms with Gasteiger partial charge in [0.15, 0.2) is 5.16 Å². The number of aryl methyl sites for hydroxylation is 1. The number of ether oxygens (including phenoxy) is 1. The number of halogens is 1. The van der Waals surface area contributed by atoms with Crippen molar-refractivity contribution in [1.29, 1.82) is 0 Å². The first-order valence-electron chi connectivity index (χ1n) is 10.3. The zero-order valence-corrected chi connectivity index (χ0v) is 20.0. The first kappa shape index (κ1) is 23.7. The van der Waals surface area contributed by atoms with Crippen LogP contribution in [0.25, 0.3) is 16.6 Å². The van der Waals surface area contributed by atoms with Crippen LogP contribution < -0.4 is 10.9 Å². The Morgan fingerprint density at radius 1 is 1.21 bits per heavy atom. The number of thiophene rings is 1. The number of thioether (sulfide) groups is 1. The zero-order chi connectivity index (χ0) is 24.2. The summed E-state index contributed by atoms with van der Waals surface area (Å²) in [5, 5.41) is 5.41. The fourth-order valence-corrected chi connectivity index (χ4v) is 4.83. The minimum Gasteiger partial charge on any atom is -0.462 e. The van der Waals surface area contributed by atoms with Crippen molar-refractivity contribution in [3.63, 3.8) is 0 Å². The van der Waals surface area contributed by atoms with Crippen LogP contribution in [0.3, 0.4) is 0 Å². The monoisotopic (exact) mass is 497 g/mol. The largest absolute Gasteiger partial charge is 0.462 e. The molecule has 0 saturated carbocycles. The number of carbonyl (C=O) groups is 2. The van der Waals surface area contributed by atoms with Crippen molar-refractivity contribution in [2.75, 3.05) is 17.7 Å². The van der Waals surface area contributed by atoms with E-state index in [4.69, 9.17) is 4.74 Å². The normalized spacial score (nSPS) is 10.9. The minimum atomic E-state index is -0.516. The maximum Gasteiger partial charge on any atom is 0.341 e. The van der Waals surface area contributed by atoms with E-state index in [1.807, 2.05) is 0 Å². The SMILES string of the molecule is CCOC(=O)c1ccsc1NC(=O)CSc1nc2ccccc2c(=O)n1-c1ccc(C)c(F)c1. The number of hydrogen-bond acceptors (Lipinski definition) is 7. The third-order valence-electron chi connectivity index (χ3n) is 4.90. The highest BCUT2D eigenvalue weighted by Gasteiger charge is 2.18. The van der Waals surface area contributed by atoms with Crippen molar-refractivity contribution in [2.24, 2.45) is 0 Å². The van der Waals surface area contributed by atoms with Gasteiger partial charge in [-0.3, -0.25) is 14.2 Å². The maximum absolute atomic E-state index is 14.3. The van der Waals surface area contributed by atoms with E-state index in [1.165, 1.54) is 22.0 Å². The molecule has 0 bridgehead atoms. The van der Waals surface area contributed by atoms with Gasteiger partial charge in [0.2, 0.25) is 5.91 Å². The Bertz CT molecular complexity index is 1450. The van der Waals surface area contributed by atoms with Crippen molar-refractivity contribution in [3.05, 3.63) is 81.2 Å². The van der Waals surface area contributed by atoms with Gasteiger partial charge >= 0.3 is 5.97 Å². The summed E-state index contributed by atoms with van der Waals surface area (Å²) in [4.78, 5) is 42.5. The molecule has 4 aromatic rings. The van der Waals surface area contributed by atoms with E-state index >= 15 is 0 Å². The van der Waals surface area contributed by atoms with Crippen LogP contribution in [0.1, 0.15) is 22.8 Å². The van der Waals surface area contributed by atoms with Crippen LogP contribution in [0.2, 0.25) is 0 Å². The Morgan fingerprint density at radius 2 is 2.00 bits per heavy atom. The lowest BCUT2D eigenvalue weighted by Gasteiger charge is -2.14. The lowest BCUT2D eigenvalue weighted by atomic mass is 10.2. The number of rotatable bonds is 7. The molecule has 0 aliphatic heterocycles. The lowest BCUT2D eigenvalue weighted by molar-refractivity contribution is -0.113. The number of anilines is 1. The van der Waals surface area contributed by atoms with Crippen LogP contribution in [0.15, 0.2) is 63.9 Å². The number of para-hydroxylation sites is 1. The molecule has 34 heavy (non-hydrogen) atoms. The van der Waals surface area contributed by atoms with Crippen LogP contribution in [-0.4, -0.2) is 33.8 Å². The second kappa shape index (κ2) is 10.2. The summed E-state index contributed by atoms with van der Waals surface area (Å²) in [7, 11) is 0. The predicted molar refractivity (Wildman–Crippen MR) is 132 cm³/mol. The van der Waals surface area contributed by atoms with Crippen LogP contribution >= 0.6 is 23.1 Å². The molecular weight excluding hydrogens is 477 g/mol. The third kappa shape index (κ3) is 4.87. The molecule has 1 amide bonds. The van der Waals surface area contributed by atoms with Crippen molar-refractivity contribution >= 4 is 50.9 Å². The minimum absolute atomic E-state index is 0.0840. The Morgan fingerprint density at radius 3 is 2.76 bits per heavy atom. The molecule has 0 aliphatic carbocycles. The second-order valence-electron chi connectivity index (χ2n) is 7.21. The summed E-state index contributed by atoms with van der Waals surface area (Å²) >= 11 is 2.25. The van der Waals surface area contributed by atoms with Gasteiger partial charge in [-0.2, -0.15) is 0 Å². The molecule has 1 N–H and O–H groups in total. The van der Waals surface area contributed by atoms with Gasteiger partial charge in [-0.15, -0.1) is 11.3 Å². The number of esters is 1. The van der Waals surface area contributed by atoms with Crippen LogP contribution in [0, 0.1) is 12.7 Å². The fourth-order valence-electron chi connectivity index (χ4n) is 3.23. The molecule has 174 valence electrons. The smallest absolute Gasteiger partial charge is 0.341 e. The van der Waals surface area contributed by atoms with E-state index in [0.717, 1.165) is 11.8 Å². The summed E-state index contributed by atoms with van der Waals surface area (Å²) in [6.07, 6.45) is 0. The van der Waals surface area contributed by atoms with Crippen molar-refractivity contribution < 1.29 is 18.7 Å². The number of benzene rings is 2. The van der Waals surface area contributed by atoms with E-state index in [-0.39, 0.29) is 34.5 Å². The number of carbonyl (C=O) groups excluding carboxylic acids is 2. The van der Waals surface area contributed by atoms with Crippen molar-refractivity contribution in [3.8, 4) is 5.69 Å². The van der Waals surface area contributed by atoms with Gasteiger partial charge in [-0.25, -0.2) is 14.2 Å². The topological polar surface area (TPSA) is 90.3 Å². The molecule has 0 atom stereocenters. The molecule has 2 heterocycles. The Balaban J connectivity index is 1.64. The molecule has 4 rings (SSSR count). The van der Waals surface area contributed by atoms with Gasteiger partial charge in [-0.1, -0.05) is 30.0 Å². The predicted octanol–water partition coefficient (Wildman–Crippen LogP) is 4.80. The molecule has 0 aliphatic rings. The van der Waals surface area contributed by atoms with E-state index in [9.17, 15) is 18.8 Å². The van der Waals surface area contributed by atoms with E-state index < -0.39 is 11.8 Å². The van der Waals surface area contributed by atoms with Gasteiger partial charge in [-0.05, 0) is 55.1 Å². The number of hydrogen-bond donors (Lipinski definition) is 1. The maximum atomic E-state index is 14.3. The molecule has 7 nitrogen and oxygen atoms in total. The highest BCUT2D eigenvalue weighted by molar-refractivity contribution is 7.99. The van der Waals surface area contributed by atoms with E-state index in [2.05, 4.69) is 10.3 Å². The second-order valence-corrected chi connectivity index (χ2v) is 9.06. The van der Waals surface area contributed by atoms with Crippen LogP contribution in [0.4, 0.5) is 9.39 Å². The molecule has 0 radical (unpaired) electrons. The summed E-state index contributed by atoms with van der Waals surface area (Å²) < 4.78 is 20.6. The van der Waals surface area contributed by atoms with Gasteiger partial charge in [0.1, 0.15) is 10.8 Å². The number of nitrogens with one attached hydrogen (secondary N) is 1. The number of aromatic nitrogens is 2. The zero-order valence-electron chi connectivity index (χ0n) is 18.3. The van der Waals surface area contributed by atoms with Gasteiger partial charge in [0, 0.05) is 0 Å². The lowest BCUT2D eigenvalue weighted by Crippen LogP contribution is -2.23. The van der Waals surface area contributed by atoms with Crippen LogP contribution in [-0.2, 0) is 9.53 Å². The van der Waals surface area contributed by atoms with Gasteiger partial charge < -0.3 is 10.1 Å². The molecule has 0 saturated heterocycles. The van der Waals surface area contributed by atoms with Gasteiger partial charge in [0.05, 0.1) is 34.5 Å². The summed E-state index contributed by atoms with van der Waals surface area (Å²) in [5.41, 5.74) is 1.16. The molecule has 0 spiro atoms. The average Bonchev–Trinajstić information content (AvgIpc) is 3.28. The number of fused-ring (bicyclic) bond motifs is 1. The standard InChI is InChI=1S/C24H20FN3O4S2/c1-3-32-23(31)17-10-11-33-21(17)27-20(29)13-34-24-26-19-7-5-4-6-16(19)22(30)28(24)15-9-8-14(2)18(25)12-15/h4-12H,3,13H2,1-2H3,(H,27,29). The molecule has 2 aromatic carbocycles. The number of nitrogens with zero attached hydrogens (tertiary/aromatic N) is 2. The molecule has 0 fully saturated rings. The summed E-state index contributed by atoms with van der Waals surface area (Å²) in [6.45, 7) is 3.56. The molecular formula is C24H20FN3O4S2. The summed E-state index contributed by atoms with van der Waals surface area (Å²) in [5.74, 6) is -1.44. The molecule has 10 heteroatoms. The first-order chi connectivity index (χ1) is 16.4. The first-order valence-corrected chi connectivity index (χ1v) is 12.2. The fraction of sp³-hybridized carbons (Fsp3) is 0.167. The Hall–Kier alpha value is -3.50. The van der Waals surface area contributed by atoms with Gasteiger partial charge in [0.25, 0.3) is 5.56 Å². The molecule has 0 unspecified atom stereocenters. The third-order valence-corrected chi connectivity index (χ3v) is 6.67.